The van der Waals surface area contributed by atoms with Crippen molar-refractivity contribution in [3.63, 3.8) is 0 Å². The summed E-state index contributed by atoms with van der Waals surface area (Å²) in [7, 11) is 3.47. The van der Waals surface area contributed by atoms with E-state index in [4.69, 9.17) is 0 Å². The second-order valence-electron chi connectivity index (χ2n) is 4.15. The second kappa shape index (κ2) is 7.06. The van der Waals surface area contributed by atoms with Crippen molar-refractivity contribution in [2.75, 3.05) is 27.2 Å². The standard InChI is InChI=1S/C13H18F2N2O/c1-16-7-4-8-17(2)13(18)9-10-11(14)5-3-6-12(10)15/h3,5-6,16H,4,7-9H2,1-2H3. The summed E-state index contributed by atoms with van der Waals surface area (Å²) >= 11 is 0. The number of carbonyl (C=O) groups excluding carboxylic acids is 1. The van der Waals surface area contributed by atoms with Gasteiger partial charge in [-0.3, -0.25) is 4.79 Å². The number of rotatable bonds is 6. The van der Waals surface area contributed by atoms with Gasteiger partial charge in [-0.05, 0) is 32.1 Å². The van der Waals surface area contributed by atoms with E-state index in [1.54, 1.807) is 7.05 Å². The van der Waals surface area contributed by atoms with E-state index in [1.807, 2.05) is 7.05 Å². The molecule has 100 valence electrons. The molecule has 1 amide bonds. The number of hydrogen-bond acceptors (Lipinski definition) is 2. The highest BCUT2D eigenvalue weighted by Crippen LogP contribution is 2.13. The fourth-order valence-electron chi connectivity index (χ4n) is 1.61. The van der Waals surface area contributed by atoms with Crippen LogP contribution in [0.25, 0.3) is 0 Å². The zero-order valence-corrected chi connectivity index (χ0v) is 10.7. The SMILES string of the molecule is CNCCCN(C)C(=O)Cc1c(F)cccc1F. The highest BCUT2D eigenvalue weighted by Gasteiger charge is 2.15. The van der Waals surface area contributed by atoms with Gasteiger partial charge in [0.05, 0.1) is 6.42 Å². The Balaban J connectivity index is 2.58. The minimum Gasteiger partial charge on any atom is -0.345 e. The number of amides is 1. The molecule has 0 aliphatic rings. The van der Waals surface area contributed by atoms with Gasteiger partial charge in [0.2, 0.25) is 5.91 Å². The molecule has 0 aromatic heterocycles. The van der Waals surface area contributed by atoms with E-state index in [-0.39, 0.29) is 17.9 Å². The van der Waals surface area contributed by atoms with Gasteiger partial charge < -0.3 is 10.2 Å². The van der Waals surface area contributed by atoms with Crippen LogP contribution in [0.1, 0.15) is 12.0 Å². The summed E-state index contributed by atoms with van der Waals surface area (Å²) in [6.45, 7) is 1.36. The summed E-state index contributed by atoms with van der Waals surface area (Å²) < 4.78 is 26.7. The number of carbonyl (C=O) groups is 1. The Hall–Kier alpha value is -1.49. The Morgan fingerprint density at radius 3 is 2.50 bits per heavy atom. The van der Waals surface area contributed by atoms with E-state index in [0.29, 0.717) is 6.54 Å². The van der Waals surface area contributed by atoms with Gasteiger partial charge in [-0.15, -0.1) is 0 Å². The molecule has 0 atom stereocenters. The van der Waals surface area contributed by atoms with Crippen LogP contribution >= 0.6 is 0 Å². The third-order valence-corrected chi connectivity index (χ3v) is 2.74. The van der Waals surface area contributed by atoms with Crippen molar-refractivity contribution in [3.8, 4) is 0 Å². The number of benzene rings is 1. The molecule has 0 fully saturated rings. The normalized spacial score (nSPS) is 10.4. The van der Waals surface area contributed by atoms with Crippen LogP contribution in [-0.2, 0) is 11.2 Å². The van der Waals surface area contributed by atoms with E-state index in [1.165, 1.54) is 11.0 Å². The molecule has 0 unspecified atom stereocenters. The summed E-state index contributed by atoms with van der Waals surface area (Å²) in [6.07, 6.45) is 0.563. The molecule has 1 N–H and O–H groups in total. The van der Waals surface area contributed by atoms with Gasteiger partial charge in [0.15, 0.2) is 0 Å². The molecule has 0 saturated carbocycles. The number of likely N-dealkylation sites (N-methyl/N-ethyl adjacent to an activating group) is 1. The lowest BCUT2D eigenvalue weighted by Gasteiger charge is -2.17. The Morgan fingerprint density at radius 1 is 1.33 bits per heavy atom. The van der Waals surface area contributed by atoms with Crippen LogP contribution in [0.15, 0.2) is 18.2 Å². The van der Waals surface area contributed by atoms with Crippen molar-refractivity contribution in [2.45, 2.75) is 12.8 Å². The summed E-state index contributed by atoms with van der Waals surface area (Å²) in [5, 5.41) is 2.97. The molecule has 0 heterocycles. The maximum Gasteiger partial charge on any atom is 0.226 e. The van der Waals surface area contributed by atoms with Gasteiger partial charge in [-0.2, -0.15) is 0 Å². The predicted octanol–water partition coefficient (Wildman–Crippen LogP) is 1.58. The molecule has 1 aromatic carbocycles. The van der Waals surface area contributed by atoms with E-state index in [9.17, 15) is 13.6 Å². The van der Waals surface area contributed by atoms with Crippen LogP contribution in [0.2, 0.25) is 0 Å². The van der Waals surface area contributed by atoms with Crippen molar-refractivity contribution >= 4 is 5.91 Å². The maximum absolute atomic E-state index is 13.4. The second-order valence-corrected chi connectivity index (χ2v) is 4.15. The Kier molecular flexibility index (Phi) is 5.71. The monoisotopic (exact) mass is 256 g/mol. The quantitative estimate of drug-likeness (QED) is 0.784. The van der Waals surface area contributed by atoms with Gasteiger partial charge in [0, 0.05) is 19.2 Å². The first kappa shape index (κ1) is 14.6. The summed E-state index contributed by atoms with van der Waals surface area (Å²) in [4.78, 5) is 13.3. The van der Waals surface area contributed by atoms with Crippen LogP contribution in [0.5, 0.6) is 0 Å². The molecule has 1 rings (SSSR count). The highest BCUT2D eigenvalue weighted by molar-refractivity contribution is 5.78. The van der Waals surface area contributed by atoms with Crippen molar-refractivity contribution in [1.82, 2.24) is 10.2 Å². The van der Waals surface area contributed by atoms with E-state index in [2.05, 4.69) is 5.32 Å². The average Bonchev–Trinajstić information content (AvgIpc) is 2.34. The van der Waals surface area contributed by atoms with E-state index in [0.717, 1.165) is 25.1 Å². The molecule has 0 radical (unpaired) electrons. The summed E-state index contributed by atoms with van der Waals surface area (Å²) in [6, 6.07) is 3.61. The average molecular weight is 256 g/mol. The molecule has 0 aliphatic carbocycles. The van der Waals surface area contributed by atoms with Crippen molar-refractivity contribution in [1.29, 1.82) is 0 Å². The molecule has 18 heavy (non-hydrogen) atoms. The summed E-state index contributed by atoms with van der Waals surface area (Å²) in [5.74, 6) is -1.63. The summed E-state index contributed by atoms with van der Waals surface area (Å²) in [5.41, 5.74) is -0.164. The molecule has 5 heteroatoms. The first-order valence-corrected chi connectivity index (χ1v) is 5.87. The fraction of sp³-hybridized carbons (Fsp3) is 0.462. The largest absolute Gasteiger partial charge is 0.345 e. The number of nitrogens with one attached hydrogen (secondary N) is 1. The van der Waals surface area contributed by atoms with Gasteiger partial charge in [0.1, 0.15) is 11.6 Å². The van der Waals surface area contributed by atoms with E-state index < -0.39 is 11.6 Å². The Labute approximate surface area is 106 Å². The highest BCUT2D eigenvalue weighted by atomic mass is 19.1. The molecule has 1 aromatic rings. The lowest BCUT2D eigenvalue weighted by molar-refractivity contribution is -0.129. The van der Waals surface area contributed by atoms with Gasteiger partial charge in [-0.1, -0.05) is 6.07 Å². The fourth-order valence-corrected chi connectivity index (χ4v) is 1.61. The first-order valence-electron chi connectivity index (χ1n) is 5.87. The lowest BCUT2D eigenvalue weighted by Crippen LogP contribution is -2.31. The lowest BCUT2D eigenvalue weighted by atomic mass is 10.1. The minimum atomic E-state index is -0.674. The Morgan fingerprint density at radius 2 is 1.94 bits per heavy atom. The molecular formula is C13H18F2N2O. The van der Waals surface area contributed by atoms with Crippen LogP contribution in [0.4, 0.5) is 8.78 Å². The van der Waals surface area contributed by atoms with Crippen molar-refractivity contribution in [2.24, 2.45) is 0 Å². The van der Waals surface area contributed by atoms with Crippen LogP contribution in [0, 0.1) is 11.6 Å². The zero-order valence-electron chi connectivity index (χ0n) is 10.7. The van der Waals surface area contributed by atoms with Crippen LogP contribution in [0.3, 0.4) is 0 Å². The van der Waals surface area contributed by atoms with Crippen molar-refractivity contribution in [3.05, 3.63) is 35.4 Å². The first-order chi connectivity index (χ1) is 8.56. The van der Waals surface area contributed by atoms with Crippen LogP contribution in [-0.4, -0.2) is 38.0 Å². The number of halogens is 2. The molecule has 3 nitrogen and oxygen atoms in total. The molecule has 0 aliphatic heterocycles. The maximum atomic E-state index is 13.4. The number of hydrogen-bond donors (Lipinski definition) is 1. The predicted molar refractivity (Wildman–Crippen MR) is 66.2 cm³/mol. The smallest absolute Gasteiger partial charge is 0.226 e. The molecule has 0 spiro atoms. The van der Waals surface area contributed by atoms with E-state index >= 15 is 0 Å². The van der Waals surface area contributed by atoms with Gasteiger partial charge in [-0.25, -0.2) is 8.78 Å². The zero-order chi connectivity index (χ0) is 13.5. The van der Waals surface area contributed by atoms with Gasteiger partial charge in [0.25, 0.3) is 0 Å². The Bertz CT molecular complexity index is 390. The third-order valence-electron chi connectivity index (χ3n) is 2.74. The molecule has 0 bridgehead atoms. The van der Waals surface area contributed by atoms with Crippen LogP contribution < -0.4 is 5.32 Å². The number of nitrogens with zero attached hydrogens (tertiary/aromatic N) is 1. The minimum absolute atomic E-state index is 0.164. The third kappa shape index (κ3) is 4.07. The van der Waals surface area contributed by atoms with Gasteiger partial charge >= 0.3 is 0 Å². The molecule has 0 saturated heterocycles. The van der Waals surface area contributed by atoms with Crippen molar-refractivity contribution < 1.29 is 13.6 Å². The molecular weight excluding hydrogens is 238 g/mol. The topological polar surface area (TPSA) is 32.3 Å².